The molecule has 8 aromatic rings. The molecule has 10 heterocycles. The van der Waals surface area contributed by atoms with Crippen LogP contribution in [0.15, 0.2) is 122 Å². The topological polar surface area (TPSA) is 374 Å². The summed E-state index contributed by atoms with van der Waals surface area (Å²) in [5, 5.41) is 15.4. The van der Waals surface area contributed by atoms with Gasteiger partial charge in [0.05, 0.1) is 44.5 Å². The molecule has 24 nitrogen and oxygen atoms in total. The molecule has 0 saturated carbocycles. The van der Waals surface area contributed by atoms with Gasteiger partial charge in [-0.05, 0) is 143 Å². The van der Waals surface area contributed by atoms with Crippen LogP contribution in [0, 0.1) is 5.92 Å². The Balaban J connectivity index is 0.000000288. The van der Waals surface area contributed by atoms with Gasteiger partial charge in [0.25, 0.3) is 0 Å². The lowest BCUT2D eigenvalue weighted by Crippen LogP contribution is -2.29. The number of likely N-dealkylation sites (N-methyl/N-ethyl adjacent to an activating group) is 2. The Labute approximate surface area is 567 Å². The number of ether oxygens (including phenoxy) is 1. The van der Waals surface area contributed by atoms with Crippen LogP contribution in [0.5, 0.6) is 5.88 Å². The third-order valence-corrected chi connectivity index (χ3v) is 14.8. The summed E-state index contributed by atoms with van der Waals surface area (Å²) in [7, 11) is 3.44. The molecule has 0 amide bonds. The molecule has 0 aliphatic carbocycles. The minimum atomic E-state index is -4.75. The maximum atomic E-state index is 13.3. The first-order valence-electron chi connectivity index (χ1n) is 30.3. The first kappa shape index (κ1) is 76.6. The van der Waals surface area contributed by atoms with Crippen LogP contribution in [0.1, 0.15) is 110 Å². The zero-order chi connectivity index (χ0) is 73.1. The molecule has 2 atom stereocenters. The van der Waals surface area contributed by atoms with Gasteiger partial charge in [-0.1, -0.05) is 0 Å². The number of carbonyl (C=O) groups is 4. The lowest BCUT2D eigenvalue weighted by atomic mass is 10.0. The van der Waals surface area contributed by atoms with Crippen LogP contribution in [0.3, 0.4) is 0 Å². The summed E-state index contributed by atoms with van der Waals surface area (Å²) in [6, 6.07) is 19.2. The quantitative estimate of drug-likeness (QED) is 0.0237. The van der Waals surface area contributed by atoms with Crippen LogP contribution in [0.2, 0.25) is 0 Å². The molecule has 538 valence electrons. The van der Waals surface area contributed by atoms with Gasteiger partial charge in [0, 0.05) is 80.9 Å². The average Bonchev–Trinajstić information content (AvgIpc) is 0.898. The van der Waals surface area contributed by atoms with E-state index in [-0.39, 0.29) is 92.3 Å². The number of pyridine rings is 8. The molecule has 10 rings (SSSR count). The fourth-order valence-corrected chi connectivity index (χ4v) is 9.71. The summed E-state index contributed by atoms with van der Waals surface area (Å²) in [4.78, 5) is 82.3. The number of halogens is 12. The number of aromatic nitrogens is 8. The second-order valence-corrected chi connectivity index (χ2v) is 21.9. The summed E-state index contributed by atoms with van der Waals surface area (Å²) >= 11 is 0. The van der Waals surface area contributed by atoms with Crippen molar-refractivity contribution >= 4 is 63.9 Å². The number of rotatable bonds is 21. The number of nitrogens with zero attached hydrogens (tertiary/aromatic N) is 9. The molecule has 0 bridgehead atoms. The predicted molar refractivity (Wildman–Crippen MR) is 352 cm³/mol. The molecule has 2 aliphatic heterocycles. The molecular weight excluding hydrogens is 1340 g/mol. The van der Waals surface area contributed by atoms with E-state index in [0.29, 0.717) is 32.1 Å². The first-order chi connectivity index (χ1) is 47.3. The van der Waals surface area contributed by atoms with Crippen molar-refractivity contribution < 1.29 is 80.9 Å². The van der Waals surface area contributed by atoms with Gasteiger partial charge < -0.3 is 64.9 Å². The van der Waals surface area contributed by atoms with Crippen molar-refractivity contribution in [3.05, 3.63) is 189 Å². The van der Waals surface area contributed by atoms with Gasteiger partial charge in [-0.2, -0.15) is 52.7 Å². The number of carbonyl (C=O) groups excluding carboxylic acids is 4. The Morgan fingerprint density at radius 2 is 0.940 bits per heavy atom. The number of ketones is 4. The van der Waals surface area contributed by atoms with Gasteiger partial charge >= 0.3 is 24.7 Å². The molecule has 15 N–H and O–H groups in total. The van der Waals surface area contributed by atoms with E-state index in [2.05, 4.69) is 66.5 Å². The molecule has 0 aromatic carbocycles. The maximum Gasteiger partial charge on any atom is 0.418 e. The number of nitrogens with one attached hydrogen (secondary N) is 5. The van der Waals surface area contributed by atoms with Crippen molar-refractivity contribution in [1.29, 1.82) is 0 Å². The fourth-order valence-electron chi connectivity index (χ4n) is 9.71. The van der Waals surface area contributed by atoms with Crippen molar-refractivity contribution in [3.8, 4) is 5.88 Å². The molecule has 0 spiro atoms. The van der Waals surface area contributed by atoms with Crippen molar-refractivity contribution in [2.24, 2.45) is 11.7 Å². The van der Waals surface area contributed by atoms with Gasteiger partial charge in [0.15, 0.2) is 0 Å². The van der Waals surface area contributed by atoms with E-state index in [9.17, 15) is 71.9 Å². The molecular formula is C64H73F12N19O5. The number of anilines is 7. The van der Waals surface area contributed by atoms with Crippen LogP contribution in [-0.4, -0.2) is 142 Å². The minimum Gasteiger partial charge on any atom is -0.476 e. The highest BCUT2D eigenvalue weighted by Crippen LogP contribution is 2.38. The van der Waals surface area contributed by atoms with E-state index < -0.39 is 92.9 Å². The summed E-state index contributed by atoms with van der Waals surface area (Å²) in [6.07, 6.45) is -10.5. The maximum absolute atomic E-state index is 13.3. The van der Waals surface area contributed by atoms with Crippen LogP contribution >= 0.6 is 0 Å². The Hall–Kier alpha value is -10.7. The molecule has 2 fully saturated rings. The Kier molecular flexibility index (Phi) is 26.2. The van der Waals surface area contributed by atoms with Crippen LogP contribution in [-0.2, 0) is 24.7 Å². The molecule has 2 aliphatic rings. The monoisotopic (exact) mass is 1420 g/mol. The van der Waals surface area contributed by atoms with Gasteiger partial charge in [-0.3, -0.25) is 19.2 Å². The molecule has 8 aromatic heterocycles. The van der Waals surface area contributed by atoms with Gasteiger partial charge in [-0.25, -0.2) is 39.9 Å². The van der Waals surface area contributed by atoms with Crippen LogP contribution in [0.25, 0.3) is 0 Å². The Bertz CT molecular complexity index is 4020. The number of nitrogens with two attached hydrogens (primary N) is 5. The highest BCUT2D eigenvalue weighted by atomic mass is 19.4. The van der Waals surface area contributed by atoms with E-state index >= 15 is 0 Å². The van der Waals surface area contributed by atoms with E-state index in [1.165, 1.54) is 91.5 Å². The molecule has 0 radical (unpaired) electrons. The zero-order valence-electron chi connectivity index (χ0n) is 53.2. The van der Waals surface area contributed by atoms with Gasteiger partial charge in [0.1, 0.15) is 70.1 Å². The molecule has 100 heavy (non-hydrogen) atoms. The smallest absolute Gasteiger partial charge is 0.418 e. The number of alkyl halides is 12. The minimum absolute atomic E-state index is 0. The number of hydrogen-bond donors (Lipinski definition) is 10. The lowest BCUT2D eigenvalue weighted by Gasteiger charge is -2.20. The standard InChI is InChI=1S/2C17H18F3N5O.C16H18F3N5O.C14H13F3N4O2.3H2/c18-17(19,20)12-5-6-13(24-9-10-3-1-7-22-10)25-14(12)15(26)11-4-2-8-23-16(11)21;18-17(19,20)12-3-4-13(24-9-10-5-7-22-8-10)25-14(12)15(26)11-2-1-6-23-16(11)21;1-21-8-9-24(2)12-6-5-11(16(17,18)19)13(23-12)14(25)10-4-3-7-22-15(10)20;15-14(16,17)9-3-4-10(23-7-5-18)21-11(9)12(22)8-2-1-6-20-13(8)19;;;/h2,4-6,8,10,22H,1,3,7,9H2,(H2,21,23)(H,24,25);1-4,6,10,22H,5,7-9H2,(H2,21,23)(H,24,25);3-7,21H,8-9H2,1-2H3,(H2,20,22);1-4,6H,5,7,18H2,(H2,19,20);3*1H. The summed E-state index contributed by atoms with van der Waals surface area (Å²) in [5.41, 5.74) is 19.8. The largest absolute Gasteiger partial charge is 0.476 e. The lowest BCUT2D eigenvalue weighted by molar-refractivity contribution is -0.139. The Morgan fingerprint density at radius 1 is 0.540 bits per heavy atom. The molecule has 2 saturated heterocycles. The van der Waals surface area contributed by atoms with E-state index in [1.54, 1.807) is 19.0 Å². The van der Waals surface area contributed by atoms with Crippen molar-refractivity contribution in [2.45, 2.75) is 50.0 Å². The number of hydrogen-bond acceptors (Lipinski definition) is 24. The second kappa shape index (κ2) is 34.2. The van der Waals surface area contributed by atoms with Crippen molar-refractivity contribution in [3.63, 3.8) is 0 Å². The molecule has 2 unspecified atom stereocenters. The van der Waals surface area contributed by atoms with Crippen LogP contribution < -0.4 is 64.9 Å². The van der Waals surface area contributed by atoms with Crippen LogP contribution in [0.4, 0.5) is 93.4 Å². The normalized spacial score (nSPS) is 14.4. The van der Waals surface area contributed by atoms with Gasteiger partial charge in [-0.15, -0.1) is 0 Å². The summed E-state index contributed by atoms with van der Waals surface area (Å²) in [5.74, 6) is -3.40. The van der Waals surface area contributed by atoms with E-state index in [0.717, 1.165) is 69.2 Å². The highest BCUT2D eigenvalue weighted by molar-refractivity contribution is 6.13. The van der Waals surface area contributed by atoms with E-state index in [1.807, 2.05) is 0 Å². The predicted octanol–water partition coefficient (Wildman–Crippen LogP) is 9.15. The highest BCUT2D eigenvalue weighted by Gasteiger charge is 2.41. The average molecular weight is 1420 g/mol. The Morgan fingerprint density at radius 3 is 1.31 bits per heavy atom. The second-order valence-electron chi connectivity index (χ2n) is 21.9. The molecule has 36 heteroatoms. The third kappa shape index (κ3) is 20.7. The SMILES string of the molecule is CNCCN(C)c1ccc(C(F)(F)F)c(C(=O)c2cccnc2N)n1.NCCOc1ccc(C(F)(F)F)c(C(=O)c2cccnc2N)n1.Nc1ncccc1C(=O)c1nc(NCC2CCCN2)ccc1C(F)(F)F.Nc1ncccc1C(=O)c1nc(NCC2CCNC2)ccc1C(F)(F)F.[HH].[HH].[HH]. The summed E-state index contributed by atoms with van der Waals surface area (Å²) < 4.78 is 164. The van der Waals surface area contributed by atoms with E-state index in [4.69, 9.17) is 33.4 Å². The summed E-state index contributed by atoms with van der Waals surface area (Å²) in [6.45, 7) is 5.08. The van der Waals surface area contributed by atoms with Crippen molar-refractivity contribution in [2.75, 3.05) is 112 Å². The zero-order valence-corrected chi connectivity index (χ0v) is 53.2. The van der Waals surface area contributed by atoms with Crippen molar-refractivity contribution in [1.82, 2.24) is 55.8 Å². The number of nitrogen functional groups attached to an aromatic ring is 4. The first-order valence-corrected chi connectivity index (χ1v) is 30.3. The van der Waals surface area contributed by atoms with Gasteiger partial charge in [0.2, 0.25) is 29.0 Å². The third-order valence-electron chi connectivity index (χ3n) is 14.8. The fraction of sp³-hybridized carbons (Fsp3) is 0.312.